The summed E-state index contributed by atoms with van der Waals surface area (Å²) >= 11 is 2.38. The van der Waals surface area contributed by atoms with Crippen LogP contribution in [0.4, 0.5) is 0 Å². The fourth-order valence-corrected chi connectivity index (χ4v) is 5.95. The summed E-state index contributed by atoms with van der Waals surface area (Å²) in [6.07, 6.45) is 0. The van der Waals surface area contributed by atoms with Crippen molar-refractivity contribution in [2.75, 3.05) is 0 Å². The number of fused-ring (bicyclic) bond motifs is 3. The van der Waals surface area contributed by atoms with Gasteiger partial charge in [0.1, 0.15) is 0 Å². The van der Waals surface area contributed by atoms with Crippen LogP contribution in [0, 0.1) is 17.4 Å². The lowest BCUT2D eigenvalue weighted by molar-refractivity contribution is 0.767. The van der Waals surface area contributed by atoms with Crippen molar-refractivity contribution in [1.29, 1.82) is 0 Å². The van der Waals surface area contributed by atoms with E-state index in [4.69, 9.17) is 0 Å². The summed E-state index contributed by atoms with van der Waals surface area (Å²) in [5.74, 6) is 0. The van der Waals surface area contributed by atoms with Crippen molar-refractivity contribution in [1.82, 2.24) is 0 Å². The summed E-state index contributed by atoms with van der Waals surface area (Å²) in [5.41, 5.74) is 12.8. The molecule has 164 valence electrons. The van der Waals surface area contributed by atoms with E-state index >= 15 is 0 Å². The minimum absolute atomic E-state index is 0.355. The summed E-state index contributed by atoms with van der Waals surface area (Å²) in [6, 6.07) is 43.0. The Labute approximate surface area is 215 Å². The Kier molecular flexibility index (Phi) is 5.18. The van der Waals surface area contributed by atoms with Gasteiger partial charge in [-0.05, 0) is 93.1 Å². The molecule has 5 aromatic carbocycles. The van der Waals surface area contributed by atoms with Crippen molar-refractivity contribution in [3.63, 3.8) is 0 Å². The van der Waals surface area contributed by atoms with Crippen LogP contribution >= 0.6 is 22.6 Å². The van der Waals surface area contributed by atoms with Crippen LogP contribution in [0.25, 0.3) is 22.3 Å². The number of halogens is 1. The molecule has 0 aliphatic heterocycles. The Bertz CT molecular complexity index is 1450. The zero-order valence-corrected chi connectivity index (χ0v) is 21.5. The molecule has 1 heteroatoms. The molecule has 0 unspecified atom stereocenters. The first-order valence-corrected chi connectivity index (χ1v) is 12.8. The van der Waals surface area contributed by atoms with Gasteiger partial charge in [-0.2, -0.15) is 0 Å². The number of rotatable bonds is 3. The lowest BCUT2D eigenvalue weighted by Crippen LogP contribution is -2.28. The molecule has 0 saturated carbocycles. The molecule has 0 aromatic heterocycles. The van der Waals surface area contributed by atoms with E-state index in [-0.39, 0.29) is 5.41 Å². The Hall–Kier alpha value is -3.17. The number of hydrogen-bond acceptors (Lipinski definition) is 0. The van der Waals surface area contributed by atoms with E-state index in [9.17, 15) is 0 Å². The first-order chi connectivity index (χ1) is 16.6. The van der Waals surface area contributed by atoms with Crippen LogP contribution < -0.4 is 0 Å². The molecule has 0 N–H and O–H groups in total. The van der Waals surface area contributed by atoms with E-state index < -0.39 is 0 Å². The topological polar surface area (TPSA) is 0 Å². The van der Waals surface area contributed by atoms with E-state index in [2.05, 4.69) is 152 Å². The van der Waals surface area contributed by atoms with Gasteiger partial charge in [-0.1, -0.05) is 114 Å². The van der Waals surface area contributed by atoms with Gasteiger partial charge in [0.15, 0.2) is 0 Å². The summed E-state index contributed by atoms with van der Waals surface area (Å²) in [7, 11) is 0. The molecule has 5 aromatic rings. The standard InChI is InChI=1S/C33H25I/c1-22-10-16-25(17-11-22)33(26-18-12-23(2)13-19-26)30-8-4-3-6-29(30)32-28(7-5-9-31(32)33)24-14-20-27(34)21-15-24/h3-21H,1-2H3. The summed E-state index contributed by atoms with van der Waals surface area (Å²) < 4.78 is 1.25. The van der Waals surface area contributed by atoms with E-state index in [0.29, 0.717) is 0 Å². The summed E-state index contributed by atoms with van der Waals surface area (Å²) in [6.45, 7) is 4.32. The highest BCUT2D eigenvalue weighted by Crippen LogP contribution is 2.58. The van der Waals surface area contributed by atoms with Gasteiger partial charge in [0, 0.05) is 3.57 Å². The minimum atomic E-state index is -0.355. The first-order valence-electron chi connectivity index (χ1n) is 11.7. The van der Waals surface area contributed by atoms with Crippen LogP contribution in [-0.4, -0.2) is 0 Å². The van der Waals surface area contributed by atoms with E-state index in [1.807, 2.05) is 0 Å². The average Bonchev–Trinajstić information content (AvgIpc) is 3.17. The molecule has 0 heterocycles. The first kappa shape index (κ1) is 21.4. The highest BCUT2D eigenvalue weighted by atomic mass is 127. The number of hydrogen-bond donors (Lipinski definition) is 0. The molecular weight excluding hydrogens is 523 g/mol. The van der Waals surface area contributed by atoms with Gasteiger partial charge < -0.3 is 0 Å². The maximum absolute atomic E-state index is 2.38. The lowest BCUT2D eigenvalue weighted by atomic mass is 9.67. The van der Waals surface area contributed by atoms with Crippen LogP contribution in [-0.2, 0) is 5.41 Å². The molecule has 1 aliphatic carbocycles. The van der Waals surface area contributed by atoms with Gasteiger partial charge in [0.25, 0.3) is 0 Å². The van der Waals surface area contributed by atoms with Gasteiger partial charge in [-0.25, -0.2) is 0 Å². The highest BCUT2D eigenvalue weighted by molar-refractivity contribution is 14.1. The number of benzene rings is 5. The van der Waals surface area contributed by atoms with Crippen LogP contribution in [0.3, 0.4) is 0 Å². The van der Waals surface area contributed by atoms with Crippen LogP contribution in [0.5, 0.6) is 0 Å². The monoisotopic (exact) mass is 548 g/mol. The fraction of sp³-hybridized carbons (Fsp3) is 0.0909. The lowest BCUT2D eigenvalue weighted by Gasteiger charge is -2.34. The Morgan fingerprint density at radius 2 is 1.03 bits per heavy atom. The zero-order valence-electron chi connectivity index (χ0n) is 19.3. The number of aryl methyl sites for hydroxylation is 2. The van der Waals surface area contributed by atoms with Crippen molar-refractivity contribution < 1.29 is 0 Å². The van der Waals surface area contributed by atoms with Crippen LogP contribution in [0.2, 0.25) is 0 Å². The molecule has 0 bridgehead atoms. The van der Waals surface area contributed by atoms with Crippen LogP contribution in [0.15, 0.2) is 115 Å². The quantitative estimate of drug-likeness (QED) is 0.194. The molecule has 0 spiro atoms. The second kappa shape index (κ2) is 8.25. The molecule has 0 radical (unpaired) electrons. The summed E-state index contributed by atoms with van der Waals surface area (Å²) in [4.78, 5) is 0. The van der Waals surface area contributed by atoms with Crippen molar-refractivity contribution in [3.05, 3.63) is 152 Å². The van der Waals surface area contributed by atoms with Gasteiger partial charge in [0.2, 0.25) is 0 Å². The third-order valence-corrected chi connectivity index (χ3v) is 7.91. The van der Waals surface area contributed by atoms with Crippen molar-refractivity contribution in [2.45, 2.75) is 19.3 Å². The molecule has 0 atom stereocenters. The molecule has 0 nitrogen and oxygen atoms in total. The second-order valence-corrected chi connectivity index (χ2v) is 10.5. The van der Waals surface area contributed by atoms with E-state index in [0.717, 1.165) is 0 Å². The molecule has 0 fully saturated rings. The molecular formula is C33H25I. The second-order valence-electron chi connectivity index (χ2n) is 9.26. The van der Waals surface area contributed by atoms with Gasteiger partial charge in [-0.15, -0.1) is 0 Å². The zero-order chi connectivity index (χ0) is 23.3. The summed E-state index contributed by atoms with van der Waals surface area (Å²) in [5, 5.41) is 0. The van der Waals surface area contributed by atoms with E-state index in [1.54, 1.807) is 0 Å². The van der Waals surface area contributed by atoms with E-state index in [1.165, 1.54) is 59.2 Å². The van der Waals surface area contributed by atoms with Crippen molar-refractivity contribution in [2.24, 2.45) is 0 Å². The van der Waals surface area contributed by atoms with Crippen LogP contribution in [0.1, 0.15) is 33.4 Å². The molecule has 0 amide bonds. The fourth-order valence-electron chi connectivity index (χ4n) is 5.59. The van der Waals surface area contributed by atoms with Gasteiger partial charge in [-0.3, -0.25) is 0 Å². The SMILES string of the molecule is Cc1ccc(C2(c3ccc(C)cc3)c3ccccc3-c3c(-c4ccc(I)cc4)cccc32)cc1. The Balaban J connectivity index is 1.75. The predicted molar refractivity (Wildman–Crippen MR) is 151 cm³/mol. The molecule has 0 saturated heterocycles. The molecule has 34 heavy (non-hydrogen) atoms. The predicted octanol–water partition coefficient (Wildman–Crippen LogP) is 8.94. The Morgan fingerprint density at radius 1 is 0.500 bits per heavy atom. The molecule has 1 aliphatic rings. The third kappa shape index (κ3) is 3.18. The average molecular weight is 548 g/mol. The molecule has 6 rings (SSSR count). The minimum Gasteiger partial charge on any atom is -0.0619 e. The smallest absolute Gasteiger partial charge is 0.0619 e. The van der Waals surface area contributed by atoms with Crippen molar-refractivity contribution in [3.8, 4) is 22.3 Å². The Morgan fingerprint density at radius 3 is 1.65 bits per heavy atom. The maximum Gasteiger partial charge on any atom is 0.0713 e. The maximum atomic E-state index is 2.38. The van der Waals surface area contributed by atoms with Gasteiger partial charge >= 0.3 is 0 Å². The van der Waals surface area contributed by atoms with Gasteiger partial charge in [0.05, 0.1) is 5.41 Å². The largest absolute Gasteiger partial charge is 0.0713 e. The normalized spacial score (nSPS) is 13.4. The third-order valence-electron chi connectivity index (χ3n) is 7.19. The van der Waals surface area contributed by atoms with Crippen molar-refractivity contribution >= 4 is 22.6 Å². The highest BCUT2D eigenvalue weighted by Gasteiger charge is 2.46.